The second-order valence-corrected chi connectivity index (χ2v) is 10.7. The highest BCUT2D eigenvalue weighted by molar-refractivity contribution is 7.97. The van der Waals surface area contributed by atoms with Crippen LogP contribution in [0.2, 0.25) is 0 Å². The van der Waals surface area contributed by atoms with Crippen molar-refractivity contribution in [1.29, 1.82) is 0 Å². The highest BCUT2D eigenvalue weighted by Gasteiger charge is 2.34. The van der Waals surface area contributed by atoms with Crippen LogP contribution in [0.1, 0.15) is 40.1 Å². The smallest absolute Gasteiger partial charge is 0.294 e. The average molecular weight is 525 g/mol. The van der Waals surface area contributed by atoms with Gasteiger partial charge in [-0.05, 0) is 56.0 Å². The molecule has 7 nitrogen and oxygen atoms in total. The van der Waals surface area contributed by atoms with Crippen LogP contribution in [0.5, 0.6) is 0 Å². The first kappa shape index (κ1) is 26.9. The molecule has 1 aliphatic rings. The molecule has 2 atom stereocenters. The first-order valence-electron chi connectivity index (χ1n) is 12.3. The largest absolute Gasteiger partial charge is 0.342 e. The van der Waals surface area contributed by atoms with Gasteiger partial charge in [0.25, 0.3) is 11.8 Å². The Kier molecular flexibility index (Phi) is 8.04. The lowest BCUT2D eigenvalue weighted by Crippen LogP contribution is -2.57. The van der Waals surface area contributed by atoms with Gasteiger partial charge in [0, 0.05) is 68.5 Å². The molecule has 1 saturated heterocycles. The molecule has 0 aliphatic carbocycles. The quantitative estimate of drug-likeness (QED) is 0.344. The fourth-order valence-electron chi connectivity index (χ4n) is 4.86. The van der Waals surface area contributed by atoms with Crippen LogP contribution in [-0.2, 0) is 17.2 Å². The third-order valence-corrected chi connectivity index (χ3v) is 7.45. The number of likely N-dealkylation sites (N-methyl/N-ethyl adjacent to an activating group) is 1. The maximum absolute atomic E-state index is 13.9. The van der Waals surface area contributed by atoms with Crippen LogP contribution in [0.25, 0.3) is 10.9 Å². The molecular formula is C28H33FN4O3S. The number of carbonyl (C=O) groups is 3. The van der Waals surface area contributed by atoms with Gasteiger partial charge in [-0.1, -0.05) is 12.1 Å². The molecule has 0 saturated carbocycles. The van der Waals surface area contributed by atoms with Crippen LogP contribution in [0.4, 0.5) is 4.39 Å². The summed E-state index contributed by atoms with van der Waals surface area (Å²) in [6, 6.07) is 11.7. The summed E-state index contributed by atoms with van der Waals surface area (Å²) >= 11 is 1.63. The highest BCUT2D eigenvalue weighted by Crippen LogP contribution is 2.28. The molecular weight excluding hydrogens is 491 g/mol. The number of ketones is 1. The summed E-state index contributed by atoms with van der Waals surface area (Å²) in [7, 11) is 3.09. The van der Waals surface area contributed by atoms with Gasteiger partial charge in [0.2, 0.25) is 5.78 Å². The van der Waals surface area contributed by atoms with E-state index < -0.39 is 11.7 Å². The summed E-state index contributed by atoms with van der Waals surface area (Å²) in [5.74, 6) is -0.883. The van der Waals surface area contributed by atoms with Gasteiger partial charge < -0.3 is 14.4 Å². The van der Waals surface area contributed by atoms with Crippen molar-refractivity contribution in [3.63, 3.8) is 0 Å². The van der Waals surface area contributed by atoms with E-state index >= 15 is 0 Å². The minimum Gasteiger partial charge on any atom is -0.342 e. The zero-order valence-corrected chi connectivity index (χ0v) is 22.7. The fraction of sp³-hybridized carbons (Fsp3) is 0.393. The fourth-order valence-corrected chi connectivity index (χ4v) is 5.35. The molecule has 0 radical (unpaired) electrons. The SMILES string of the molecule is CSCn1cc(C(=O)N2C[C@H](C)N(Cc3ccc(F)cc3)C[C@H]2C)c2cc(C(=O)C(=O)N(C)C)ccc21. The Morgan fingerprint density at radius 2 is 1.73 bits per heavy atom. The molecule has 4 rings (SSSR count). The predicted molar refractivity (Wildman–Crippen MR) is 145 cm³/mol. The van der Waals surface area contributed by atoms with Crippen molar-refractivity contribution in [2.45, 2.75) is 38.4 Å². The van der Waals surface area contributed by atoms with Crippen LogP contribution in [0.3, 0.4) is 0 Å². The molecule has 2 heterocycles. The van der Waals surface area contributed by atoms with E-state index in [4.69, 9.17) is 0 Å². The minimum atomic E-state index is -0.601. The lowest BCUT2D eigenvalue weighted by Gasteiger charge is -2.44. The number of thioether (sulfide) groups is 1. The molecule has 1 aliphatic heterocycles. The van der Waals surface area contributed by atoms with E-state index in [0.717, 1.165) is 11.1 Å². The minimum absolute atomic E-state index is 0.0387. The number of halogens is 1. The first-order valence-corrected chi connectivity index (χ1v) is 13.7. The number of aromatic nitrogens is 1. The summed E-state index contributed by atoms with van der Waals surface area (Å²) in [6.45, 7) is 6.05. The summed E-state index contributed by atoms with van der Waals surface area (Å²) in [6.07, 6.45) is 3.85. The number of Topliss-reactive ketones (excluding diaryl/α,β-unsaturated/α-hetero) is 1. The van der Waals surface area contributed by atoms with Crippen molar-refractivity contribution in [3.05, 3.63) is 71.2 Å². The maximum atomic E-state index is 13.9. The average Bonchev–Trinajstić information content (AvgIpc) is 3.23. The molecule has 0 unspecified atom stereocenters. The Balaban J connectivity index is 1.62. The normalized spacial score (nSPS) is 18.3. The summed E-state index contributed by atoms with van der Waals surface area (Å²) in [5, 5.41) is 0.671. The van der Waals surface area contributed by atoms with E-state index in [0.29, 0.717) is 36.5 Å². The second-order valence-electron chi connectivity index (χ2n) is 9.90. The van der Waals surface area contributed by atoms with Gasteiger partial charge in [0.1, 0.15) is 5.82 Å². The van der Waals surface area contributed by atoms with Gasteiger partial charge in [-0.3, -0.25) is 19.3 Å². The summed E-state index contributed by atoms with van der Waals surface area (Å²) < 4.78 is 15.3. The van der Waals surface area contributed by atoms with Gasteiger partial charge in [0.05, 0.1) is 11.4 Å². The monoisotopic (exact) mass is 524 g/mol. The predicted octanol–water partition coefficient (Wildman–Crippen LogP) is 4.11. The number of benzene rings is 2. The number of nitrogens with zero attached hydrogens (tertiary/aromatic N) is 4. The van der Waals surface area contributed by atoms with Gasteiger partial charge in [-0.2, -0.15) is 0 Å². The Hall–Kier alpha value is -3.17. The van der Waals surface area contributed by atoms with Crippen molar-refractivity contribution in [2.75, 3.05) is 33.4 Å². The first-order chi connectivity index (χ1) is 17.6. The zero-order chi connectivity index (χ0) is 26.9. The van der Waals surface area contributed by atoms with Crippen LogP contribution in [0.15, 0.2) is 48.7 Å². The number of hydrogen-bond acceptors (Lipinski definition) is 5. The molecule has 0 N–H and O–H groups in total. The molecule has 0 spiro atoms. The molecule has 2 aromatic carbocycles. The Bertz CT molecular complexity index is 1320. The van der Waals surface area contributed by atoms with Gasteiger partial charge in [-0.15, -0.1) is 11.8 Å². The van der Waals surface area contributed by atoms with E-state index in [9.17, 15) is 18.8 Å². The zero-order valence-electron chi connectivity index (χ0n) is 21.9. The Morgan fingerprint density at radius 3 is 2.38 bits per heavy atom. The van der Waals surface area contributed by atoms with Crippen molar-refractivity contribution >= 4 is 40.3 Å². The van der Waals surface area contributed by atoms with E-state index in [1.807, 2.05) is 34.9 Å². The molecule has 9 heteroatoms. The van der Waals surface area contributed by atoms with Gasteiger partial charge in [0.15, 0.2) is 0 Å². The lowest BCUT2D eigenvalue weighted by atomic mass is 10.0. The maximum Gasteiger partial charge on any atom is 0.294 e. The van der Waals surface area contributed by atoms with E-state index in [-0.39, 0.29) is 29.4 Å². The van der Waals surface area contributed by atoms with Crippen molar-refractivity contribution in [2.24, 2.45) is 0 Å². The molecule has 1 fully saturated rings. The number of hydrogen-bond donors (Lipinski definition) is 0. The number of fused-ring (bicyclic) bond motifs is 1. The van der Waals surface area contributed by atoms with Gasteiger partial charge in [-0.25, -0.2) is 4.39 Å². The molecule has 37 heavy (non-hydrogen) atoms. The standard InChI is InChI=1S/C28H33FN4O3S/c1-18-14-33(19(2)13-31(18)15-20-6-9-22(29)10-7-20)27(35)24-16-32(17-37-5)25-11-8-21(12-23(24)25)26(34)28(36)30(3)4/h6-12,16,18-19H,13-15,17H2,1-5H3/t18-,19+/m0/s1. The number of piperazine rings is 1. The van der Waals surface area contributed by atoms with Crippen molar-refractivity contribution in [1.82, 2.24) is 19.3 Å². The second kappa shape index (κ2) is 11.1. The lowest BCUT2D eigenvalue weighted by molar-refractivity contribution is -0.124. The molecule has 1 aromatic heterocycles. The van der Waals surface area contributed by atoms with Gasteiger partial charge >= 0.3 is 0 Å². The molecule has 196 valence electrons. The summed E-state index contributed by atoms with van der Waals surface area (Å²) in [4.78, 5) is 44.4. The van der Waals surface area contributed by atoms with Crippen LogP contribution in [0, 0.1) is 5.82 Å². The number of rotatable bonds is 7. The third kappa shape index (κ3) is 5.57. The third-order valence-electron chi connectivity index (χ3n) is 6.92. The summed E-state index contributed by atoms with van der Waals surface area (Å²) in [5.41, 5.74) is 2.68. The topological polar surface area (TPSA) is 65.9 Å². The van der Waals surface area contributed by atoms with E-state index in [2.05, 4.69) is 11.8 Å². The van der Waals surface area contributed by atoms with Crippen molar-refractivity contribution in [3.8, 4) is 0 Å². The van der Waals surface area contributed by atoms with E-state index in [1.54, 1.807) is 50.1 Å². The van der Waals surface area contributed by atoms with Crippen LogP contribution in [-0.4, -0.2) is 82.4 Å². The number of carbonyl (C=O) groups excluding carboxylic acids is 3. The molecule has 0 bridgehead atoms. The Labute approximate surface area is 221 Å². The van der Waals surface area contributed by atoms with Crippen molar-refractivity contribution < 1.29 is 18.8 Å². The highest BCUT2D eigenvalue weighted by atomic mass is 32.2. The Morgan fingerprint density at radius 1 is 1.03 bits per heavy atom. The van der Waals surface area contributed by atoms with Crippen LogP contribution < -0.4 is 0 Å². The molecule has 3 aromatic rings. The number of amides is 2. The van der Waals surface area contributed by atoms with E-state index in [1.165, 1.54) is 17.0 Å². The van der Waals surface area contributed by atoms with Crippen LogP contribution >= 0.6 is 11.8 Å². The molecule has 2 amide bonds.